The van der Waals surface area contributed by atoms with E-state index in [1.54, 1.807) is 63.5 Å². The fraction of sp³-hybridized carbons (Fsp3) is 0.208. The van der Waals surface area contributed by atoms with Gasteiger partial charge in [-0.15, -0.1) is 0 Å². The molecule has 1 aromatic carbocycles. The van der Waals surface area contributed by atoms with E-state index in [9.17, 15) is 19.8 Å². The number of hydrogen-bond donors (Lipinski definition) is 3. The first kappa shape index (κ1) is 22.1. The summed E-state index contributed by atoms with van der Waals surface area (Å²) in [4.78, 5) is 37.5. The van der Waals surface area contributed by atoms with E-state index in [4.69, 9.17) is 0 Å². The quantitative estimate of drug-likeness (QED) is 0.413. The van der Waals surface area contributed by atoms with Crippen molar-refractivity contribution in [2.75, 3.05) is 5.32 Å². The number of carboxylic acid groups (broad SMARTS) is 1. The Bertz CT molecular complexity index is 1410. The van der Waals surface area contributed by atoms with Crippen LogP contribution in [-0.2, 0) is 19.2 Å². The van der Waals surface area contributed by atoms with Crippen molar-refractivity contribution in [1.82, 2.24) is 19.5 Å². The van der Waals surface area contributed by atoms with E-state index in [1.807, 2.05) is 0 Å². The van der Waals surface area contributed by atoms with Crippen LogP contribution >= 0.6 is 0 Å². The smallest absolute Gasteiger partial charge is 0.335 e. The number of aromatic nitrogens is 4. The molecular weight excluding hydrogens is 422 g/mol. The van der Waals surface area contributed by atoms with Crippen LogP contribution in [0.4, 0.5) is 5.82 Å². The van der Waals surface area contributed by atoms with Crippen molar-refractivity contribution in [3.05, 3.63) is 82.2 Å². The highest BCUT2D eigenvalue weighted by Crippen LogP contribution is 2.26. The molecule has 0 amide bonds. The summed E-state index contributed by atoms with van der Waals surface area (Å²) in [6, 6.07) is 11.8. The molecule has 0 aliphatic carbocycles. The van der Waals surface area contributed by atoms with Crippen LogP contribution in [0.25, 0.3) is 22.2 Å². The fourth-order valence-corrected chi connectivity index (χ4v) is 3.41. The second-order valence-corrected chi connectivity index (χ2v) is 8.26. The first-order chi connectivity index (χ1) is 15.6. The van der Waals surface area contributed by atoms with Gasteiger partial charge in [0.2, 0.25) is 0 Å². The molecule has 4 rings (SSSR count). The van der Waals surface area contributed by atoms with Gasteiger partial charge in [-0.25, -0.2) is 14.8 Å². The zero-order valence-corrected chi connectivity index (χ0v) is 18.4. The highest BCUT2D eigenvalue weighted by molar-refractivity contribution is 5.91. The average Bonchev–Trinajstić information content (AvgIpc) is 2.79. The third-order valence-corrected chi connectivity index (χ3v) is 5.22. The summed E-state index contributed by atoms with van der Waals surface area (Å²) in [5, 5.41) is 22.9. The maximum Gasteiger partial charge on any atom is 0.335 e. The van der Waals surface area contributed by atoms with E-state index >= 15 is 0 Å². The molecule has 0 spiro atoms. The van der Waals surface area contributed by atoms with E-state index in [1.165, 1.54) is 17.0 Å². The number of aromatic carboxylic acids is 1. The number of aliphatic hydroxyl groups is 1. The van der Waals surface area contributed by atoms with Gasteiger partial charge in [-0.2, -0.15) is 0 Å². The van der Waals surface area contributed by atoms with Crippen LogP contribution in [-0.4, -0.2) is 35.7 Å². The number of pyridine rings is 2. The number of benzene rings is 1. The van der Waals surface area contributed by atoms with E-state index < -0.39 is 11.6 Å². The maximum atomic E-state index is 12.8. The lowest BCUT2D eigenvalue weighted by Gasteiger charge is -2.16. The molecule has 0 fully saturated rings. The van der Waals surface area contributed by atoms with Crippen LogP contribution in [0, 0.1) is 0 Å². The van der Waals surface area contributed by atoms with Gasteiger partial charge < -0.3 is 20.1 Å². The van der Waals surface area contributed by atoms with Gasteiger partial charge in [0, 0.05) is 25.4 Å². The van der Waals surface area contributed by atoms with Crippen LogP contribution in [0.3, 0.4) is 0 Å². The van der Waals surface area contributed by atoms with Crippen LogP contribution in [0.5, 0.6) is 0 Å². The molecule has 3 N–H and O–H groups in total. The van der Waals surface area contributed by atoms with Gasteiger partial charge in [-0.3, -0.25) is 9.78 Å². The van der Waals surface area contributed by atoms with Crippen molar-refractivity contribution in [2.45, 2.75) is 26.0 Å². The Morgan fingerprint density at radius 2 is 1.94 bits per heavy atom. The van der Waals surface area contributed by atoms with Crippen LogP contribution in [0.15, 0.2) is 59.8 Å². The van der Waals surface area contributed by atoms with Gasteiger partial charge in [-0.1, -0.05) is 12.1 Å². The van der Waals surface area contributed by atoms with Crippen molar-refractivity contribution >= 4 is 22.7 Å². The molecule has 0 aliphatic rings. The normalized spacial score (nSPS) is 11.5. The summed E-state index contributed by atoms with van der Waals surface area (Å²) >= 11 is 0. The number of anilines is 1. The third kappa shape index (κ3) is 4.58. The zero-order chi connectivity index (χ0) is 23.8. The Labute approximate surface area is 189 Å². The first-order valence-corrected chi connectivity index (χ1v) is 10.3. The minimum absolute atomic E-state index is 0.177. The standard InChI is InChI=1S/C24H23N5O4/c1-24(2,33)19-8-7-16(12-25-19)17-10-18-20(22(30)29(3)13-27-18)21(28-17)26-11-14-5-4-6-15(9-14)23(31)32/h4-10,12-13,33H,11H2,1-3H3,(H,26,28)(H,31,32). The molecule has 3 heterocycles. The molecule has 0 atom stereocenters. The highest BCUT2D eigenvalue weighted by Gasteiger charge is 2.18. The molecule has 0 saturated heterocycles. The molecule has 4 aromatic rings. The number of carbonyl (C=O) groups is 1. The molecular formula is C24H23N5O4. The molecule has 9 nitrogen and oxygen atoms in total. The maximum absolute atomic E-state index is 12.8. The summed E-state index contributed by atoms with van der Waals surface area (Å²) in [5.74, 6) is -0.675. The van der Waals surface area contributed by atoms with Crippen molar-refractivity contribution in [2.24, 2.45) is 7.05 Å². The van der Waals surface area contributed by atoms with E-state index in [2.05, 4.69) is 20.3 Å². The fourth-order valence-electron chi connectivity index (χ4n) is 3.41. The lowest BCUT2D eigenvalue weighted by Crippen LogP contribution is -2.19. The average molecular weight is 445 g/mol. The summed E-state index contributed by atoms with van der Waals surface area (Å²) in [6.07, 6.45) is 3.06. The molecule has 0 bridgehead atoms. The van der Waals surface area contributed by atoms with Crippen molar-refractivity contribution < 1.29 is 15.0 Å². The molecule has 168 valence electrons. The Kier molecular flexibility index (Phi) is 5.65. The summed E-state index contributed by atoms with van der Waals surface area (Å²) in [5.41, 5.74) is 1.83. The van der Waals surface area contributed by atoms with Gasteiger partial charge in [0.15, 0.2) is 0 Å². The highest BCUT2D eigenvalue weighted by atomic mass is 16.4. The molecule has 33 heavy (non-hydrogen) atoms. The second-order valence-electron chi connectivity index (χ2n) is 8.26. The van der Waals surface area contributed by atoms with E-state index in [-0.39, 0.29) is 17.7 Å². The Morgan fingerprint density at radius 3 is 2.61 bits per heavy atom. The summed E-state index contributed by atoms with van der Waals surface area (Å²) < 4.78 is 1.37. The Morgan fingerprint density at radius 1 is 1.15 bits per heavy atom. The molecule has 0 radical (unpaired) electrons. The monoisotopic (exact) mass is 445 g/mol. The number of aryl methyl sites for hydroxylation is 1. The van der Waals surface area contributed by atoms with Gasteiger partial charge in [0.25, 0.3) is 5.56 Å². The van der Waals surface area contributed by atoms with E-state index in [0.29, 0.717) is 33.7 Å². The Balaban J connectivity index is 1.77. The summed E-state index contributed by atoms with van der Waals surface area (Å²) in [6.45, 7) is 3.58. The number of nitrogens with one attached hydrogen (secondary N) is 1. The van der Waals surface area contributed by atoms with Gasteiger partial charge in [0.05, 0.1) is 28.8 Å². The van der Waals surface area contributed by atoms with Crippen LogP contribution in [0.1, 0.15) is 35.5 Å². The molecule has 0 aliphatic heterocycles. The topological polar surface area (TPSA) is 130 Å². The number of rotatable bonds is 6. The van der Waals surface area contributed by atoms with Crippen molar-refractivity contribution in [3.8, 4) is 11.3 Å². The largest absolute Gasteiger partial charge is 0.478 e. The van der Waals surface area contributed by atoms with Gasteiger partial charge in [-0.05, 0) is 49.7 Å². The number of fused-ring (bicyclic) bond motifs is 1. The minimum Gasteiger partial charge on any atom is -0.478 e. The minimum atomic E-state index is -1.07. The van der Waals surface area contributed by atoms with E-state index in [0.717, 1.165) is 5.56 Å². The van der Waals surface area contributed by atoms with Crippen molar-refractivity contribution in [3.63, 3.8) is 0 Å². The number of carboxylic acids is 1. The predicted octanol–water partition coefficient (Wildman–Crippen LogP) is 2.93. The first-order valence-electron chi connectivity index (χ1n) is 10.3. The van der Waals surface area contributed by atoms with Crippen molar-refractivity contribution in [1.29, 1.82) is 0 Å². The summed E-state index contributed by atoms with van der Waals surface area (Å²) in [7, 11) is 1.61. The second kappa shape index (κ2) is 8.44. The number of hydrogen-bond acceptors (Lipinski definition) is 7. The lowest BCUT2D eigenvalue weighted by molar-refractivity contribution is 0.0695. The molecule has 0 saturated carbocycles. The molecule has 0 unspecified atom stereocenters. The number of nitrogens with zero attached hydrogens (tertiary/aromatic N) is 4. The van der Waals surface area contributed by atoms with Gasteiger partial charge in [0.1, 0.15) is 16.8 Å². The zero-order valence-electron chi connectivity index (χ0n) is 18.4. The lowest BCUT2D eigenvalue weighted by atomic mass is 10.0. The molecule has 3 aromatic heterocycles. The van der Waals surface area contributed by atoms with Crippen LogP contribution < -0.4 is 10.9 Å². The SMILES string of the molecule is Cn1cnc2cc(-c3ccc(C(C)(C)O)nc3)nc(NCc3cccc(C(=O)O)c3)c2c1=O. The third-order valence-electron chi connectivity index (χ3n) is 5.22. The Hall–Kier alpha value is -4.11. The van der Waals surface area contributed by atoms with Gasteiger partial charge >= 0.3 is 5.97 Å². The van der Waals surface area contributed by atoms with Crippen LogP contribution in [0.2, 0.25) is 0 Å². The molecule has 9 heteroatoms. The predicted molar refractivity (Wildman–Crippen MR) is 124 cm³/mol.